The molecule has 0 nitrogen and oxygen atoms in total. The van der Waals surface area contributed by atoms with Gasteiger partial charge in [0.25, 0.3) is 0 Å². The van der Waals surface area contributed by atoms with Crippen LogP contribution in [0.1, 0.15) is 0 Å². The zero-order valence-electron chi connectivity index (χ0n) is 4.26. The zero-order chi connectivity index (χ0) is 5.54. The molecule has 0 aliphatic carbocycles. The summed E-state index contributed by atoms with van der Waals surface area (Å²) in [7, 11) is 0. The van der Waals surface area contributed by atoms with Crippen LogP contribution in [0.5, 0.6) is 0 Å². The van der Waals surface area contributed by atoms with Crippen molar-refractivity contribution in [1.29, 1.82) is 0 Å². The van der Waals surface area contributed by atoms with Crippen LogP contribution in [0, 0.1) is 5.75 Å². The van der Waals surface area contributed by atoms with E-state index < -0.39 is 0 Å². The average molecular weight is 113 g/mol. The molecule has 0 saturated heterocycles. The second-order valence-electron chi connectivity index (χ2n) is 0.994. The molecule has 0 amide bonds. The van der Waals surface area contributed by atoms with Crippen LogP contribution in [-0.2, 0) is 0 Å². The molecule has 0 spiro atoms. The Balaban J connectivity index is 2.68. The lowest BCUT2D eigenvalue weighted by Crippen LogP contribution is -1.63. The maximum Gasteiger partial charge on any atom is 0.0381 e. The van der Waals surface area contributed by atoms with E-state index in [1.165, 1.54) is 0 Å². The summed E-state index contributed by atoms with van der Waals surface area (Å²) in [6, 6.07) is 0. The van der Waals surface area contributed by atoms with Gasteiger partial charge in [0.2, 0.25) is 0 Å². The quantitative estimate of drug-likeness (QED) is 0.398. The minimum atomic E-state index is 0.978. The van der Waals surface area contributed by atoms with Crippen molar-refractivity contribution in [3.63, 3.8) is 0 Å². The third kappa shape index (κ3) is 5.83. The summed E-state index contributed by atoms with van der Waals surface area (Å²) in [6.45, 7) is 7.08. The molecule has 1 radical (unpaired) electrons. The van der Waals surface area contributed by atoms with Crippen molar-refractivity contribution >= 4 is 11.8 Å². The lowest BCUT2D eigenvalue weighted by molar-refractivity contribution is 1.81. The summed E-state index contributed by atoms with van der Waals surface area (Å²) in [4.78, 5) is 0. The van der Waals surface area contributed by atoms with Crippen LogP contribution in [0.3, 0.4) is 0 Å². The first kappa shape index (κ1) is 6.83. The molecular weight excluding hydrogens is 104 g/mol. The van der Waals surface area contributed by atoms with E-state index in [9.17, 15) is 0 Å². The Labute approximate surface area is 49.3 Å². The standard InChI is InChI=1S/C6H9S/c1-3-5-7-6-4-2/h3-5H,1-2,6H2. The van der Waals surface area contributed by atoms with Gasteiger partial charge in [0.15, 0.2) is 0 Å². The van der Waals surface area contributed by atoms with E-state index in [0.29, 0.717) is 0 Å². The number of hydrogen-bond acceptors (Lipinski definition) is 1. The fourth-order valence-corrected chi connectivity index (χ4v) is 0.575. The van der Waals surface area contributed by atoms with Crippen molar-refractivity contribution < 1.29 is 0 Å². The second-order valence-corrected chi connectivity index (χ2v) is 1.93. The van der Waals surface area contributed by atoms with Crippen LogP contribution >= 0.6 is 11.8 Å². The Morgan fingerprint density at radius 3 is 2.57 bits per heavy atom. The second kappa shape index (κ2) is 5.83. The Kier molecular flexibility index (Phi) is 5.69. The number of thioether (sulfide) groups is 1. The maximum atomic E-state index is 3.56. The zero-order valence-corrected chi connectivity index (χ0v) is 5.08. The van der Waals surface area contributed by atoms with Gasteiger partial charge in [-0.2, -0.15) is 0 Å². The van der Waals surface area contributed by atoms with Crippen LogP contribution in [-0.4, -0.2) is 5.75 Å². The molecule has 0 N–H and O–H groups in total. The molecule has 0 aromatic heterocycles. The molecule has 0 aromatic rings. The summed E-state index contributed by atoms with van der Waals surface area (Å²) >= 11 is 1.69. The van der Waals surface area contributed by atoms with E-state index in [0.717, 1.165) is 5.75 Å². The van der Waals surface area contributed by atoms with Gasteiger partial charge in [-0.3, -0.25) is 0 Å². The summed E-state index contributed by atoms with van der Waals surface area (Å²) in [5.74, 6) is 2.92. The third-order valence-electron chi connectivity index (χ3n) is 0.407. The Hall–Kier alpha value is -0.170. The first-order chi connectivity index (χ1) is 3.41. The Morgan fingerprint density at radius 1 is 1.43 bits per heavy atom. The van der Waals surface area contributed by atoms with Gasteiger partial charge in [-0.15, -0.1) is 24.9 Å². The van der Waals surface area contributed by atoms with Crippen LogP contribution in [0.25, 0.3) is 0 Å². The maximum absolute atomic E-state index is 3.56. The molecule has 0 aliphatic heterocycles. The van der Waals surface area contributed by atoms with Gasteiger partial charge in [0.05, 0.1) is 0 Å². The largest absolute Gasteiger partial charge is 0.149 e. The molecule has 0 saturated carbocycles. The van der Waals surface area contributed by atoms with Crippen LogP contribution in [0.4, 0.5) is 0 Å². The summed E-state index contributed by atoms with van der Waals surface area (Å²) < 4.78 is 0. The monoisotopic (exact) mass is 113 g/mol. The number of hydrogen-bond donors (Lipinski definition) is 0. The molecule has 39 valence electrons. The molecule has 0 atom stereocenters. The highest BCUT2D eigenvalue weighted by Crippen LogP contribution is 2.03. The van der Waals surface area contributed by atoms with Gasteiger partial charge in [0, 0.05) is 11.5 Å². The fraction of sp³-hybridized carbons (Fsp3) is 0.167. The molecule has 7 heavy (non-hydrogen) atoms. The molecule has 0 aliphatic rings. The molecular formula is C6H9S. The SMILES string of the molecule is C=C[CH]SCC=C. The van der Waals surface area contributed by atoms with Gasteiger partial charge in [0.1, 0.15) is 0 Å². The summed E-state index contributed by atoms with van der Waals surface area (Å²) in [5, 5.41) is 0. The Morgan fingerprint density at radius 2 is 2.14 bits per heavy atom. The lowest BCUT2D eigenvalue weighted by atomic mass is 10.8. The molecule has 0 bridgehead atoms. The minimum absolute atomic E-state index is 0.978. The highest BCUT2D eigenvalue weighted by molar-refractivity contribution is 8.01. The molecule has 0 fully saturated rings. The normalized spacial score (nSPS) is 8.00. The van der Waals surface area contributed by atoms with Gasteiger partial charge < -0.3 is 0 Å². The van der Waals surface area contributed by atoms with Crippen molar-refractivity contribution in [1.82, 2.24) is 0 Å². The minimum Gasteiger partial charge on any atom is -0.149 e. The van der Waals surface area contributed by atoms with Gasteiger partial charge in [-0.25, -0.2) is 0 Å². The van der Waals surface area contributed by atoms with Crippen molar-refractivity contribution in [2.75, 3.05) is 5.75 Å². The fourth-order valence-electron chi connectivity index (χ4n) is 0.192. The van der Waals surface area contributed by atoms with E-state index in [1.807, 2.05) is 11.8 Å². The topological polar surface area (TPSA) is 0 Å². The van der Waals surface area contributed by atoms with E-state index in [2.05, 4.69) is 13.2 Å². The van der Waals surface area contributed by atoms with E-state index in [4.69, 9.17) is 0 Å². The van der Waals surface area contributed by atoms with Crippen LogP contribution in [0.15, 0.2) is 25.3 Å². The van der Waals surface area contributed by atoms with Crippen LogP contribution < -0.4 is 0 Å². The Bertz CT molecular complexity index is 49.2. The summed E-state index contributed by atoms with van der Waals surface area (Å²) in [5.41, 5.74) is 0. The van der Waals surface area contributed by atoms with Gasteiger partial charge in [-0.1, -0.05) is 12.2 Å². The van der Waals surface area contributed by atoms with Crippen LogP contribution in [0.2, 0.25) is 0 Å². The lowest BCUT2D eigenvalue weighted by Gasteiger charge is -1.84. The smallest absolute Gasteiger partial charge is 0.0381 e. The van der Waals surface area contributed by atoms with E-state index >= 15 is 0 Å². The molecule has 1 heteroatoms. The van der Waals surface area contributed by atoms with Gasteiger partial charge >= 0.3 is 0 Å². The predicted octanol–water partition coefficient (Wildman–Crippen LogP) is 2.25. The van der Waals surface area contributed by atoms with Crippen molar-refractivity contribution in [2.45, 2.75) is 0 Å². The predicted molar refractivity (Wildman–Crippen MR) is 37.2 cm³/mol. The highest BCUT2D eigenvalue weighted by Gasteiger charge is 1.74. The third-order valence-corrected chi connectivity index (χ3v) is 1.22. The number of rotatable bonds is 4. The van der Waals surface area contributed by atoms with E-state index in [-0.39, 0.29) is 0 Å². The first-order valence-electron chi connectivity index (χ1n) is 2.08. The molecule has 0 heterocycles. The summed E-state index contributed by atoms with van der Waals surface area (Å²) in [6.07, 6.45) is 3.64. The molecule has 0 rings (SSSR count). The van der Waals surface area contributed by atoms with Crippen molar-refractivity contribution in [3.8, 4) is 0 Å². The van der Waals surface area contributed by atoms with Crippen molar-refractivity contribution in [2.24, 2.45) is 0 Å². The molecule has 0 aromatic carbocycles. The van der Waals surface area contributed by atoms with Crippen molar-refractivity contribution in [3.05, 3.63) is 31.1 Å². The van der Waals surface area contributed by atoms with E-state index in [1.54, 1.807) is 17.8 Å². The first-order valence-corrected chi connectivity index (χ1v) is 3.13. The highest BCUT2D eigenvalue weighted by atomic mass is 32.2. The van der Waals surface area contributed by atoms with Gasteiger partial charge in [-0.05, 0) is 0 Å². The average Bonchev–Trinajstić information content (AvgIpc) is 1.69. The molecule has 0 unspecified atom stereocenters.